The van der Waals surface area contributed by atoms with Crippen molar-refractivity contribution in [1.82, 2.24) is 10.3 Å². The zero-order valence-corrected chi connectivity index (χ0v) is 11.4. The maximum absolute atomic E-state index is 11.8. The third-order valence-electron chi connectivity index (χ3n) is 2.34. The van der Waals surface area contributed by atoms with Crippen molar-refractivity contribution in [1.29, 1.82) is 0 Å². The zero-order valence-electron chi connectivity index (χ0n) is 9.87. The van der Waals surface area contributed by atoms with E-state index in [4.69, 9.17) is 17.3 Å². The molecule has 0 aliphatic heterocycles. The summed E-state index contributed by atoms with van der Waals surface area (Å²) in [5.74, 6) is -0.233. The molecule has 0 fully saturated rings. The molecule has 4 nitrogen and oxygen atoms in total. The van der Waals surface area contributed by atoms with E-state index in [0.29, 0.717) is 23.0 Å². The van der Waals surface area contributed by atoms with Gasteiger partial charge >= 0.3 is 0 Å². The highest BCUT2D eigenvalue weighted by Gasteiger charge is 2.11. The van der Waals surface area contributed by atoms with E-state index < -0.39 is 0 Å². The highest BCUT2D eigenvalue weighted by atomic mass is 35.5. The number of nitrogens with zero attached hydrogens (tertiary/aromatic N) is 1. The molecule has 1 unspecified atom stereocenters. The second-order valence-corrected chi connectivity index (χ2v) is 5.33. The van der Waals surface area contributed by atoms with Crippen LogP contribution in [0.15, 0.2) is 12.3 Å². The van der Waals surface area contributed by atoms with Gasteiger partial charge in [0.1, 0.15) is 5.15 Å². The fourth-order valence-corrected chi connectivity index (χ4v) is 1.77. The Morgan fingerprint density at radius 2 is 2.41 bits per heavy atom. The average Bonchev–Trinajstić information content (AvgIpc) is 2.31. The summed E-state index contributed by atoms with van der Waals surface area (Å²) in [6.45, 7) is 2.73. The molecule has 17 heavy (non-hydrogen) atoms. The van der Waals surface area contributed by atoms with E-state index in [2.05, 4.69) is 17.2 Å². The van der Waals surface area contributed by atoms with Crippen LogP contribution in [-0.4, -0.2) is 28.9 Å². The van der Waals surface area contributed by atoms with Crippen LogP contribution < -0.4 is 11.1 Å². The number of pyridine rings is 1. The summed E-state index contributed by atoms with van der Waals surface area (Å²) in [7, 11) is 0. The van der Waals surface area contributed by atoms with Gasteiger partial charge in [0.05, 0.1) is 17.4 Å². The Bertz CT molecular complexity index is 400. The highest BCUT2D eigenvalue weighted by molar-refractivity contribution is 7.99. The zero-order chi connectivity index (χ0) is 12.8. The van der Waals surface area contributed by atoms with Crippen LogP contribution in [0.5, 0.6) is 0 Å². The van der Waals surface area contributed by atoms with Gasteiger partial charge in [0, 0.05) is 11.8 Å². The number of carbonyl (C=O) groups is 1. The lowest BCUT2D eigenvalue weighted by molar-refractivity contribution is 0.0953. The third-order valence-corrected chi connectivity index (χ3v) is 3.69. The molecule has 0 aliphatic carbocycles. The van der Waals surface area contributed by atoms with Gasteiger partial charge in [-0.15, -0.1) is 0 Å². The fourth-order valence-electron chi connectivity index (χ4n) is 1.23. The number of halogens is 1. The summed E-state index contributed by atoms with van der Waals surface area (Å²) < 4.78 is 0. The lowest BCUT2D eigenvalue weighted by atomic mass is 10.2. The minimum Gasteiger partial charge on any atom is -0.397 e. The second kappa shape index (κ2) is 6.71. The number of aromatic nitrogens is 1. The van der Waals surface area contributed by atoms with Gasteiger partial charge in [-0.2, -0.15) is 11.8 Å². The van der Waals surface area contributed by atoms with Gasteiger partial charge in [0.15, 0.2) is 0 Å². The number of carbonyl (C=O) groups excluding carboxylic acids is 1. The Balaban J connectivity index is 2.55. The van der Waals surface area contributed by atoms with E-state index in [-0.39, 0.29) is 11.1 Å². The van der Waals surface area contributed by atoms with Crippen LogP contribution in [0.25, 0.3) is 0 Å². The number of rotatable bonds is 5. The van der Waals surface area contributed by atoms with E-state index in [1.54, 1.807) is 11.8 Å². The molecule has 94 valence electrons. The molecule has 3 N–H and O–H groups in total. The lowest BCUT2D eigenvalue weighted by Gasteiger charge is -2.10. The predicted octanol–water partition coefficient (Wildman–Crippen LogP) is 2.19. The van der Waals surface area contributed by atoms with Gasteiger partial charge in [-0.25, -0.2) is 4.98 Å². The summed E-state index contributed by atoms with van der Waals surface area (Å²) in [4.78, 5) is 15.6. The van der Waals surface area contributed by atoms with Crippen molar-refractivity contribution in [3.63, 3.8) is 0 Å². The molecule has 0 aliphatic rings. The molecule has 0 spiro atoms. The van der Waals surface area contributed by atoms with Gasteiger partial charge in [0.25, 0.3) is 5.91 Å². The summed E-state index contributed by atoms with van der Waals surface area (Å²) in [6, 6.07) is 1.53. The molecule has 0 saturated carbocycles. The number of hydrogen-bond donors (Lipinski definition) is 2. The average molecular weight is 274 g/mol. The van der Waals surface area contributed by atoms with Crippen LogP contribution in [0.2, 0.25) is 5.15 Å². The molecule has 0 aromatic carbocycles. The maximum atomic E-state index is 11.8. The third kappa shape index (κ3) is 4.44. The number of nitrogens with two attached hydrogens (primary N) is 1. The van der Waals surface area contributed by atoms with Crippen molar-refractivity contribution in [2.75, 3.05) is 18.5 Å². The monoisotopic (exact) mass is 273 g/mol. The van der Waals surface area contributed by atoms with Crippen LogP contribution in [-0.2, 0) is 0 Å². The standard InChI is InChI=1S/C11H16ClN3OS/c1-7(17-2)3-4-14-11(16)9-5-8(13)6-15-10(9)12/h5-7H,3-4,13H2,1-2H3,(H,14,16). The topological polar surface area (TPSA) is 68.0 Å². The van der Waals surface area contributed by atoms with Crippen LogP contribution in [0, 0.1) is 0 Å². The van der Waals surface area contributed by atoms with E-state index in [9.17, 15) is 4.79 Å². The van der Waals surface area contributed by atoms with Crippen LogP contribution in [0.3, 0.4) is 0 Å². The van der Waals surface area contributed by atoms with Gasteiger partial charge < -0.3 is 11.1 Å². The molecule has 0 radical (unpaired) electrons. The van der Waals surface area contributed by atoms with Gasteiger partial charge in [-0.3, -0.25) is 4.79 Å². The van der Waals surface area contributed by atoms with E-state index >= 15 is 0 Å². The Kier molecular flexibility index (Phi) is 5.58. The normalized spacial score (nSPS) is 12.2. The first-order chi connectivity index (χ1) is 8.04. The van der Waals surface area contributed by atoms with Crippen molar-refractivity contribution in [3.8, 4) is 0 Å². The molecule has 1 amide bonds. The number of amides is 1. The first-order valence-corrected chi connectivity index (χ1v) is 6.93. The van der Waals surface area contributed by atoms with E-state index in [0.717, 1.165) is 6.42 Å². The predicted molar refractivity (Wildman–Crippen MR) is 73.6 cm³/mol. The van der Waals surface area contributed by atoms with E-state index in [1.807, 2.05) is 6.26 Å². The van der Waals surface area contributed by atoms with Gasteiger partial charge in [-0.1, -0.05) is 18.5 Å². The Hall–Kier alpha value is -0.940. The lowest BCUT2D eigenvalue weighted by Crippen LogP contribution is -2.26. The number of nitrogen functional groups attached to an aromatic ring is 1. The second-order valence-electron chi connectivity index (χ2n) is 3.70. The maximum Gasteiger partial charge on any atom is 0.254 e. The van der Waals surface area contributed by atoms with Crippen molar-refractivity contribution >= 4 is 35.0 Å². The number of thioether (sulfide) groups is 1. The van der Waals surface area contributed by atoms with E-state index in [1.165, 1.54) is 12.3 Å². The number of hydrogen-bond acceptors (Lipinski definition) is 4. The SMILES string of the molecule is CSC(C)CCNC(=O)c1cc(N)cnc1Cl. The number of anilines is 1. The minimum atomic E-state index is -0.233. The van der Waals surface area contributed by atoms with Crippen LogP contribution >= 0.6 is 23.4 Å². The van der Waals surface area contributed by atoms with Crippen molar-refractivity contribution in [2.45, 2.75) is 18.6 Å². The van der Waals surface area contributed by atoms with Crippen LogP contribution in [0.1, 0.15) is 23.7 Å². The van der Waals surface area contributed by atoms with Crippen molar-refractivity contribution in [3.05, 3.63) is 23.0 Å². The number of nitrogens with one attached hydrogen (secondary N) is 1. The van der Waals surface area contributed by atoms with Gasteiger partial charge in [0.2, 0.25) is 0 Å². The summed E-state index contributed by atoms with van der Waals surface area (Å²) >= 11 is 7.60. The molecule has 0 bridgehead atoms. The molecule has 0 saturated heterocycles. The Morgan fingerprint density at radius 3 is 3.06 bits per heavy atom. The van der Waals surface area contributed by atoms with Crippen molar-refractivity contribution in [2.24, 2.45) is 0 Å². The Morgan fingerprint density at radius 1 is 1.71 bits per heavy atom. The molecule has 1 rings (SSSR count). The first-order valence-electron chi connectivity index (χ1n) is 5.26. The van der Waals surface area contributed by atoms with Gasteiger partial charge in [-0.05, 0) is 18.7 Å². The summed E-state index contributed by atoms with van der Waals surface area (Å²) in [5, 5.41) is 3.49. The molecule has 1 aromatic rings. The highest BCUT2D eigenvalue weighted by Crippen LogP contribution is 2.15. The molecular formula is C11H16ClN3OS. The largest absolute Gasteiger partial charge is 0.397 e. The smallest absolute Gasteiger partial charge is 0.254 e. The molecule has 1 atom stereocenters. The van der Waals surface area contributed by atoms with Crippen molar-refractivity contribution < 1.29 is 4.79 Å². The minimum absolute atomic E-state index is 0.176. The quantitative estimate of drug-likeness (QED) is 0.807. The Labute approximate surface area is 110 Å². The first kappa shape index (κ1) is 14.1. The summed E-state index contributed by atoms with van der Waals surface area (Å²) in [6.07, 6.45) is 4.39. The van der Waals surface area contributed by atoms with Crippen LogP contribution in [0.4, 0.5) is 5.69 Å². The fraction of sp³-hybridized carbons (Fsp3) is 0.455. The summed E-state index contributed by atoms with van der Waals surface area (Å²) in [5.41, 5.74) is 6.31. The molecule has 6 heteroatoms. The molecular weight excluding hydrogens is 258 g/mol. The molecule has 1 heterocycles. The molecule has 1 aromatic heterocycles.